The molecule has 1 aromatic carbocycles. The SMILES string of the molecule is CCCC1CC=C(c2ccc(CC)c(F)c2Cl)CC1. The second-order valence-corrected chi connectivity index (χ2v) is 5.79. The molecule has 0 N–H and O–H groups in total. The smallest absolute Gasteiger partial charge is 0.145 e. The monoisotopic (exact) mass is 280 g/mol. The number of benzene rings is 1. The Hall–Kier alpha value is -0.820. The summed E-state index contributed by atoms with van der Waals surface area (Å²) in [5.41, 5.74) is 2.82. The van der Waals surface area contributed by atoms with Gasteiger partial charge in [-0.3, -0.25) is 0 Å². The van der Waals surface area contributed by atoms with Gasteiger partial charge in [0.05, 0.1) is 5.02 Å². The molecule has 19 heavy (non-hydrogen) atoms. The van der Waals surface area contributed by atoms with Gasteiger partial charge in [-0.1, -0.05) is 56.5 Å². The Bertz CT molecular complexity index is 476. The van der Waals surface area contributed by atoms with E-state index in [2.05, 4.69) is 13.0 Å². The molecule has 0 nitrogen and oxygen atoms in total. The Morgan fingerprint density at radius 1 is 1.32 bits per heavy atom. The van der Waals surface area contributed by atoms with E-state index in [9.17, 15) is 4.39 Å². The Morgan fingerprint density at radius 2 is 2.11 bits per heavy atom. The molecule has 2 heteroatoms. The zero-order chi connectivity index (χ0) is 13.8. The van der Waals surface area contributed by atoms with Gasteiger partial charge in [0, 0.05) is 0 Å². The van der Waals surface area contributed by atoms with E-state index in [1.54, 1.807) is 0 Å². The van der Waals surface area contributed by atoms with Crippen LogP contribution in [0.5, 0.6) is 0 Å². The van der Waals surface area contributed by atoms with Crippen molar-refractivity contribution in [3.63, 3.8) is 0 Å². The number of hydrogen-bond acceptors (Lipinski definition) is 0. The molecule has 0 radical (unpaired) electrons. The Labute approximate surface area is 120 Å². The number of rotatable bonds is 4. The van der Waals surface area contributed by atoms with Gasteiger partial charge in [-0.25, -0.2) is 4.39 Å². The van der Waals surface area contributed by atoms with Gasteiger partial charge in [0.1, 0.15) is 5.82 Å². The lowest BCUT2D eigenvalue weighted by Gasteiger charge is -2.22. The highest BCUT2D eigenvalue weighted by molar-refractivity contribution is 6.32. The fourth-order valence-corrected chi connectivity index (χ4v) is 3.22. The molecule has 1 aromatic rings. The van der Waals surface area contributed by atoms with E-state index in [-0.39, 0.29) is 5.82 Å². The summed E-state index contributed by atoms with van der Waals surface area (Å²) in [6.07, 6.45) is 8.81. The highest BCUT2D eigenvalue weighted by atomic mass is 35.5. The van der Waals surface area contributed by atoms with Crippen molar-refractivity contribution in [2.75, 3.05) is 0 Å². The molecule has 0 aromatic heterocycles. The largest absolute Gasteiger partial charge is 0.205 e. The first-order valence-electron chi connectivity index (χ1n) is 7.33. The van der Waals surface area contributed by atoms with Gasteiger partial charge in [0.25, 0.3) is 0 Å². The zero-order valence-corrected chi connectivity index (χ0v) is 12.6. The molecule has 0 bridgehead atoms. The van der Waals surface area contributed by atoms with E-state index in [4.69, 9.17) is 11.6 Å². The minimum atomic E-state index is -0.238. The third-order valence-electron chi connectivity index (χ3n) is 4.11. The van der Waals surface area contributed by atoms with E-state index < -0.39 is 0 Å². The van der Waals surface area contributed by atoms with E-state index in [1.165, 1.54) is 24.8 Å². The lowest BCUT2D eigenvalue weighted by molar-refractivity contribution is 0.445. The van der Waals surface area contributed by atoms with Crippen LogP contribution in [-0.2, 0) is 6.42 Å². The molecular weight excluding hydrogens is 259 g/mol. The van der Waals surface area contributed by atoms with Gasteiger partial charge in [-0.05, 0) is 48.3 Å². The van der Waals surface area contributed by atoms with Crippen LogP contribution in [-0.4, -0.2) is 0 Å². The van der Waals surface area contributed by atoms with Gasteiger partial charge in [0.2, 0.25) is 0 Å². The van der Waals surface area contributed by atoms with Crippen LogP contribution >= 0.6 is 11.6 Å². The molecule has 0 saturated heterocycles. The van der Waals surface area contributed by atoms with Crippen molar-refractivity contribution in [3.8, 4) is 0 Å². The molecule has 0 heterocycles. The van der Waals surface area contributed by atoms with Crippen molar-refractivity contribution in [1.82, 2.24) is 0 Å². The summed E-state index contributed by atoms with van der Waals surface area (Å²) < 4.78 is 14.1. The van der Waals surface area contributed by atoms with Crippen molar-refractivity contribution in [2.24, 2.45) is 5.92 Å². The average Bonchev–Trinajstić information content (AvgIpc) is 2.43. The predicted molar refractivity (Wildman–Crippen MR) is 81.0 cm³/mol. The van der Waals surface area contributed by atoms with Gasteiger partial charge in [-0.2, -0.15) is 0 Å². The number of halogens is 2. The van der Waals surface area contributed by atoms with Gasteiger partial charge in [0.15, 0.2) is 0 Å². The molecule has 1 atom stereocenters. The average molecular weight is 281 g/mol. The summed E-state index contributed by atoms with van der Waals surface area (Å²) in [7, 11) is 0. The summed E-state index contributed by atoms with van der Waals surface area (Å²) in [6, 6.07) is 3.85. The van der Waals surface area contributed by atoms with E-state index in [0.717, 1.165) is 24.3 Å². The predicted octanol–water partition coefficient (Wildman–Crippen LogP) is 6.03. The Balaban J connectivity index is 2.22. The summed E-state index contributed by atoms with van der Waals surface area (Å²) in [5.74, 6) is 0.561. The fraction of sp³-hybridized carbons (Fsp3) is 0.529. The van der Waals surface area contributed by atoms with E-state index in [0.29, 0.717) is 17.0 Å². The molecule has 1 aliphatic rings. The molecule has 0 aliphatic heterocycles. The highest BCUT2D eigenvalue weighted by Gasteiger charge is 2.18. The third-order valence-corrected chi connectivity index (χ3v) is 4.48. The minimum Gasteiger partial charge on any atom is -0.205 e. The lowest BCUT2D eigenvalue weighted by atomic mass is 9.84. The third kappa shape index (κ3) is 3.20. The first-order valence-corrected chi connectivity index (χ1v) is 7.71. The maximum atomic E-state index is 14.1. The molecule has 0 fully saturated rings. The second kappa shape index (κ2) is 6.56. The molecule has 1 aliphatic carbocycles. The van der Waals surface area contributed by atoms with Crippen molar-refractivity contribution in [2.45, 2.75) is 52.4 Å². The first-order chi connectivity index (χ1) is 9.17. The van der Waals surface area contributed by atoms with Crippen LogP contribution in [0.4, 0.5) is 4.39 Å². The molecule has 0 spiro atoms. The molecular formula is C17H22ClF. The van der Waals surface area contributed by atoms with Crippen molar-refractivity contribution < 1.29 is 4.39 Å². The van der Waals surface area contributed by atoms with Gasteiger partial charge in [-0.15, -0.1) is 0 Å². The molecule has 104 valence electrons. The van der Waals surface area contributed by atoms with Crippen LogP contribution in [0.3, 0.4) is 0 Å². The van der Waals surface area contributed by atoms with Crippen LogP contribution < -0.4 is 0 Å². The summed E-state index contributed by atoms with van der Waals surface area (Å²) in [5, 5.41) is 0.305. The van der Waals surface area contributed by atoms with Gasteiger partial charge >= 0.3 is 0 Å². The zero-order valence-electron chi connectivity index (χ0n) is 11.8. The van der Waals surface area contributed by atoms with E-state index in [1.807, 2.05) is 19.1 Å². The quantitative estimate of drug-likeness (QED) is 0.632. The topological polar surface area (TPSA) is 0 Å². The Kier molecular flexibility index (Phi) is 5.04. The standard InChI is InChI=1S/C17H22ClF/c1-3-5-12-6-8-14(9-7-12)15-11-10-13(4-2)17(19)16(15)18/h8,10-12H,3-7,9H2,1-2H3. The fourth-order valence-electron chi connectivity index (χ4n) is 2.91. The van der Waals surface area contributed by atoms with Gasteiger partial charge < -0.3 is 0 Å². The van der Waals surface area contributed by atoms with Crippen molar-refractivity contribution in [3.05, 3.63) is 40.2 Å². The summed E-state index contributed by atoms with van der Waals surface area (Å²) in [4.78, 5) is 0. The number of aryl methyl sites for hydroxylation is 1. The van der Waals surface area contributed by atoms with Crippen molar-refractivity contribution >= 4 is 17.2 Å². The molecule has 0 amide bonds. The summed E-state index contributed by atoms with van der Waals surface area (Å²) in [6.45, 7) is 4.18. The maximum Gasteiger partial charge on any atom is 0.145 e. The van der Waals surface area contributed by atoms with Crippen LogP contribution in [0.2, 0.25) is 5.02 Å². The number of allylic oxidation sites excluding steroid dienone is 2. The molecule has 0 saturated carbocycles. The highest BCUT2D eigenvalue weighted by Crippen LogP contribution is 2.36. The van der Waals surface area contributed by atoms with E-state index >= 15 is 0 Å². The minimum absolute atomic E-state index is 0.238. The van der Waals surface area contributed by atoms with Crippen LogP contribution in [0, 0.1) is 11.7 Å². The Morgan fingerprint density at radius 3 is 2.68 bits per heavy atom. The maximum absolute atomic E-state index is 14.1. The van der Waals surface area contributed by atoms with Crippen molar-refractivity contribution in [1.29, 1.82) is 0 Å². The summed E-state index contributed by atoms with van der Waals surface area (Å²) >= 11 is 6.19. The molecule has 1 unspecified atom stereocenters. The van der Waals surface area contributed by atoms with Crippen LogP contribution in [0.1, 0.15) is 57.1 Å². The lowest BCUT2D eigenvalue weighted by Crippen LogP contribution is -2.06. The number of hydrogen-bond donors (Lipinski definition) is 0. The first kappa shape index (κ1) is 14.6. The van der Waals surface area contributed by atoms with Crippen LogP contribution in [0.15, 0.2) is 18.2 Å². The second-order valence-electron chi connectivity index (χ2n) is 5.41. The van der Waals surface area contributed by atoms with Crippen LogP contribution in [0.25, 0.3) is 5.57 Å². The normalized spacial score (nSPS) is 19.4. The molecule has 2 rings (SSSR count).